The maximum absolute atomic E-state index is 11.9. The van der Waals surface area contributed by atoms with Gasteiger partial charge in [-0.15, -0.1) is 0 Å². The van der Waals surface area contributed by atoms with E-state index in [2.05, 4.69) is 0 Å². The zero-order valence-corrected chi connectivity index (χ0v) is 11.7. The number of aliphatic hydroxyl groups excluding tert-OH is 1. The van der Waals surface area contributed by atoms with Crippen LogP contribution in [-0.2, 0) is 0 Å². The van der Waals surface area contributed by atoms with E-state index in [0.29, 0.717) is 30.2 Å². The Kier molecular flexibility index (Phi) is 4.15. The first-order valence-corrected chi connectivity index (χ1v) is 6.58. The largest absolute Gasteiger partial charge is 0.521 e. The van der Waals surface area contributed by atoms with Crippen molar-refractivity contribution in [3.05, 3.63) is 18.2 Å². The Morgan fingerprint density at radius 2 is 2.05 bits per heavy atom. The Morgan fingerprint density at radius 1 is 1.30 bits per heavy atom. The number of ether oxygens (including phenoxy) is 2. The van der Waals surface area contributed by atoms with Crippen molar-refractivity contribution in [3.8, 4) is 11.5 Å². The number of carbonyl (C=O) groups is 1. The van der Waals surface area contributed by atoms with Gasteiger partial charge in [0.15, 0.2) is 11.4 Å². The van der Waals surface area contributed by atoms with Crippen LogP contribution in [0.4, 0.5) is 10.5 Å². The topological polar surface area (TPSA) is 76.0 Å². The summed E-state index contributed by atoms with van der Waals surface area (Å²) in [6, 6.07) is 5.09. The molecule has 110 valence electrons. The first-order chi connectivity index (χ1) is 9.57. The third-order valence-electron chi connectivity index (χ3n) is 3.89. The van der Waals surface area contributed by atoms with Crippen LogP contribution in [0.5, 0.6) is 11.5 Å². The molecule has 2 N–H and O–H groups in total. The lowest BCUT2D eigenvalue weighted by atomic mass is 10.0. The molecule has 1 aliphatic rings. The number of likely N-dealkylation sites (tertiary alicyclic amines) is 1. The Hall–Kier alpha value is -1.79. The number of para-hydroxylation sites is 1. The van der Waals surface area contributed by atoms with Crippen LogP contribution < -0.4 is 14.0 Å². The fourth-order valence-corrected chi connectivity index (χ4v) is 2.85. The van der Waals surface area contributed by atoms with E-state index in [1.54, 1.807) is 18.2 Å². The van der Waals surface area contributed by atoms with Crippen LogP contribution >= 0.6 is 0 Å². The van der Waals surface area contributed by atoms with Gasteiger partial charge in [-0.2, -0.15) is 9.28 Å². The molecule has 0 aliphatic carbocycles. The van der Waals surface area contributed by atoms with Crippen LogP contribution in [0.15, 0.2) is 18.2 Å². The summed E-state index contributed by atoms with van der Waals surface area (Å²) < 4.78 is 10.0. The second-order valence-corrected chi connectivity index (χ2v) is 4.86. The summed E-state index contributed by atoms with van der Waals surface area (Å²) in [5.74, 6) is 0.819. The van der Waals surface area contributed by atoms with Gasteiger partial charge in [0.2, 0.25) is 12.0 Å². The standard InChI is InChI=1S/C14H19NO5/c1-19-11-7-5-6-10(13(11)20-2)15(14(17)18)9-4-3-8-12(15)16/h5-7,12,16H,3-4,8-9H2,1-2H3/p+1. The van der Waals surface area contributed by atoms with Crippen molar-refractivity contribution >= 4 is 11.8 Å². The highest BCUT2D eigenvalue weighted by molar-refractivity contribution is 5.84. The average Bonchev–Trinajstić information content (AvgIpc) is 2.46. The van der Waals surface area contributed by atoms with Crippen molar-refractivity contribution in [1.82, 2.24) is 4.48 Å². The normalized spacial score (nSPS) is 26.1. The fourth-order valence-electron chi connectivity index (χ4n) is 2.85. The van der Waals surface area contributed by atoms with E-state index in [4.69, 9.17) is 9.47 Å². The predicted molar refractivity (Wildman–Crippen MR) is 74.1 cm³/mol. The summed E-state index contributed by atoms with van der Waals surface area (Å²) in [6.45, 7) is 0.333. The molecule has 1 fully saturated rings. The lowest BCUT2D eigenvalue weighted by Gasteiger charge is -2.39. The Morgan fingerprint density at radius 3 is 2.60 bits per heavy atom. The van der Waals surface area contributed by atoms with Crippen LogP contribution in [-0.4, -0.2) is 43.3 Å². The smallest absolute Gasteiger partial charge is 0.493 e. The Labute approximate surface area is 117 Å². The fraction of sp³-hybridized carbons (Fsp3) is 0.500. The van der Waals surface area contributed by atoms with Crippen LogP contribution in [0.1, 0.15) is 19.3 Å². The molecule has 1 amide bonds. The molecule has 0 aromatic heterocycles. The van der Waals surface area contributed by atoms with E-state index in [9.17, 15) is 15.0 Å². The van der Waals surface area contributed by atoms with Gasteiger partial charge in [-0.3, -0.25) is 0 Å². The summed E-state index contributed by atoms with van der Waals surface area (Å²) >= 11 is 0. The lowest BCUT2D eigenvalue weighted by Crippen LogP contribution is -2.62. The molecule has 2 unspecified atom stereocenters. The molecule has 1 saturated heterocycles. The Bertz CT molecular complexity index is 504. The van der Waals surface area contributed by atoms with Crippen LogP contribution in [0.2, 0.25) is 0 Å². The highest BCUT2D eigenvalue weighted by atomic mass is 16.5. The second-order valence-electron chi connectivity index (χ2n) is 4.86. The average molecular weight is 282 g/mol. The van der Waals surface area contributed by atoms with Gasteiger partial charge in [-0.25, -0.2) is 0 Å². The van der Waals surface area contributed by atoms with E-state index in [1.165, 1.54) is 14.2 Å². The molecule has 1 heterocycles. The molecule has 1 aromatic carbocycles. The third kappa shape index (κ3) is 2.10. The van der Waals surface area contributed by atoms with E-state index in [0.717, 1.165) is 12.8 Å². The van der Waals surface area contributed by atoms with Gasteiger partial charge in [-0.05, 0) is 18.9 Å². The third-order valence-corrected chi connectivity index (χ3v) is 3.89. The minimum absolute atomic E-state index is 0.333. The van der Waals surface area contributed by atoms with Crippen molar-refractivity contribution in [2.45, 2.75) is 25.5 Å². The number of methoxy groups -OCH3 is 2. The zero-order chi connectivity index (χ0) is 14.8. The predicted octanol–water partition coefficient (Wildman–Crippen LogP) is 2.19. The molecule has 6 nitrogen and oxygen atoms in total. The first kappa shape index (κ1) is 14.6. The maximum atomic E-state index is 11.9. The van der Waals surface area contributed by atoms with E-state index in [-0.39, 0.29) is 0 Å². The van der Waals surface area contributed by atoms with Crippen molar-refractivity contribution in [1.29, 1.82) is 0 Å². The van der Waals surface area contributed by atoms with Crippen molar-refractivity contribution in [3.63, 3.8) is 0 Å². The maximum Gasteiger partial charge on any atom is 0.521 e. The van der Waals surface area contributed by atoms with Crippen LogP contribution in [0.25, 0.3) is 0 Å². The highest BCUT2D eigenvalue weighted by Crippen LogP contribution is 2.44. The number of quaternary nitrogens is 1. The molecule has 1 aromatic rings. The van der Waals surface area contributed by atoms with E-state index in [1.807, 2.05) is 0 Å². The van der Waals surface area contributed by atoms with Gasteiger partial charge in [0, 0.05) is 12.5 Å². The summed E-state index contributed by atoms with van der Waals surface area (Å²) in [6.07, 6.45) is -0.0528. The van der Waals surface area contributed by atoms with E-state index < -0.39 is 16.8 Å². The van der Waals surface area contributed by atoms with E-state index >= 15 is 0 Å². The van der Waals surface area contributed by atoms with Crippen LogP contribution in [0, 0.1) is 0 Å². The number of carboxylic acid groups (broad SMARTS) is 1. The highest BCUT2D eigenvalue weighted by Gasteiger charge is 2.50. The number of nitrogens with zero attached hydrogens (tertiary/aromatic N) is 1. The number of hydrogen-bond donors (Lipinski definition) is 2. The number of rotatable bonds is 3. The van der Waals surface area contributed by atoms with Crippen molar-refractivity contribution in [2.24, 2.45) is 0 Å². The molecule has 20 heavy (non-hydrogen) atoms. The molecular formula is C14H20NO5+. The van der Waals surface area contributed by atoms with Gasteiger partial charge in [-0.1, -0.05) is 6.07 Å². The summed E-state index contributed by atoms with van der Waals surface area (Å²) in [4.78, 5) is 11.9. The zero-order valence-electron chi connectivity index (χ0n) is 11.7. The van der Waals surface area contributed by atoms with Gasteiger partial charge in [0.25, 0.3) is 0 Å². The number of hydrogen-bond acceptors (Lipinski definition) is 4. The molecule has 6 heteroatoms. The molecular weight excluding hydrogens is 262 g/mol. The van der Waals surface area contributed by atoms with Crippen LogP contribution in [0.3, 0.4) is 0 Å². The quantitative estimate of drug-likeness (QED) is 0.831. The minimum atomic E-state index is -1.08. The summed E-state index contributed by atoms with van der Waals surface area (Å²) in [7, 11) is 2.97. The monoisotopic (exact) mass is 282 g/mol. The molecule has 2 atom stereocenters. The number of aliphatic hydroxyl groups is 1. The van der Waals surface area contributed by atoms with Gasteiger partial charge in [0.05, 0.1) is 20.8 Å². The SMILES string of the molecule is COc1cccc([N+]2(C(=O)O)CCCCC2O)c1OC. The van der Waals surface area contributed by atoms with Gasteiger partial charge < -0.3 is 19.7 Å². The first-order valence-electron chi connectivity index (χ1n) is 6.58. The second kappa shape index (κ2) is 5.68. The summed E-state index contributed by atoms with van der Waals surface area (Å²) in [5, 5.41) is 20.0. The molecule has 0 spiro atoms. The lowest BCUT2D eigenvalue weighted by molar-refractivity contribution is -0.00817. The molecule has 2 rings (SSSR count). The van der Waals surface area contributed by atoms with Gasteiger partial charge >= 0.3 is 6.09 Å². The number of piperidine rings is 1. The summed E-state index contributed by atoms with van der Waals surface area (Å²) in [5.41, 5.74) is 0.423. The Balaban J connectivity index is 2.63. The minimum Gasteiger partial charge on any atom is -0.493 e. The van der Waals surface area contributed by atoms with Gasteiger partial charge in [0.1, 0.15) is 0 Å². The molecule has 0 bridgehead atoms. The van der Waals surface area contributed by atoms with Crippen molar-refractivity contribution < 1.29 is 24.5 Å². The van der Waals surface area contributed by atoms with Crippen molar-refractivity contribution in [2.75, 3.05) is 20.8 Å². The molecule has 0 radical (unpaired) electrons. The number of amides is 1. The number of benzene rings is 1. The molecule has 0 saturated carbocycles. The molecule has 1 aliphatic heterocycles.